The van der Waals surface area contributed by atoms with E-state index in [-0.39, 0.29) is 22.8 Å². The minimum absolute atomic E-state index is 0.0193. The topological polar surface area (TPSA) is 143 Å². The van der Waals surface area contributed by atoms with E-state index in [1.54, 1.807) is 18.2 Å². The van der Waals surface area contributed by atoms with Crippen molar-refractivity contribution in [2.24, 2.45) is 0 Å². The Hall–Kier alpha value is -3.76. The van der Waals surface area contributed by atoms with E-state index in [1.165, 1.54) is 17.7 Å². The lowest BCUT2D eigenvalue weighted by atomic mass is 10.2. The number of aromatic nitrogens is 7. The second-order valence-corrected chi connectivity index (χ2v) is 4.83. The molecule has 0 atom stereocenters. The minimum Gasteiger partial charge on any atom is -0.494 e. The number of H-pyrrole nitrogens is 2. The van der Waals surface area contributed by atoms with Crippen LogP contribution in [-0.2, 0) is 0 Å². The van der Waals surface area contributed by atoms with Crippen LogP contribution in [-0.4, -0.2) is 48.2 Å². The lowest BCUT2D eigenvalue weighted by Gasteiger charge is -2.03. The van der Waals surface area contributed by atoms with Gasteiger partial charge in [0.05, 0.1) is 12.5 Å². The highest BCUT2D eigenvalue weighted by Gasteiger charge is 2.16. The average Bonchev–Trinajstić information content (AvgIpc) is 3.24. The van der Waals surface area contributed by atoms with Gasteiger partial charge in [0.15, 0.2) is 5.65 Å². The highest BCUT2D eigenvalue weighted by molar-refractivity contribution is 6.02. The van der Waals surface area contributed by atoms with Crippen LogP contribution in [0, 0.1) is 0 Å². The minimum atomic E-state index is -0.530. The number of carbonyl (C=O) groups excluding carboxylic acids is 1. The molecule has 0 aliphatic rings. The lowest BCUT2D eigenvalue weighted by Crippen LogP contribution is -2.18. The number of amides is 1. The summed E-state index contributed by atoms with van der Waals surface area (Å²) in [5.74, 6) is -0.0331. The number of methoxy groups -OCH3 is 1. The number of hydrogen-bond donors (Lipinski definition) is 3. The Labute approximate surface area is 132 Å². The zero-order valence-corrected chi connectivity index (χ0v) is 12.3. The standard InChI is InChI=1S/C13H10N8O3/c1-24-8-4-2-3-6-10(8)14-9-5-7(18-21(9)12(6)23)11(22)15-13-16-19-20-17-13/h2-5,18H,1H3,(H2,15,16,17,19,20,22). The van der Waals surface area contributed by atoms with Crippen LogP contribution in [0.2, 0.25) is 0 Å². The summed E-state index contributed by atoms with van der Waals surface area (Å²) in [6, 6.07) is 6.49. The van der Waals surface area contributed by atoms with Crippen molar-refractivity contribution in [1.29, 1.82) is 0 Å². The Morgan fingerprint density at radius 3 is 3.00 bits per heavy atom. The molecule has 11 heteroatoms. The summed E-state index contributed by atoms with van der Waals surface area (Å²) in [4.78, 5) is 29.1. The Kier molecular flexibility index (Phi) is 2.98. The molecule has 0 saturated carbocycles. The van der Waals surface area contributed by atoms with Crippen LogP contribution in [0.4, 0.5) is 5.95 Å². The zero-order valence-electron chi connectivity index (χ0n) is 12.3. The van der Waals surface area contributed by atoms with Crippen LogP contribution in [0.3, 0.4) is 0 Å². The summed E-state index contributed by atoms with van der Waals surface area (Å²) in [6.07, 6.45) is 0. The maximum atomic E-state index is 12.6. The van der Waals surface area contributed by atoms with Gasteiger partial charge in [-0.25, -0.2) is 9.50 Å². The van der Waals surface area contributed by atoms with Gasteiger partial charge < -0.3 is 4.74 Å². The van der Waals surface area contributed by atoms with E-state index in [1.807, 2.05) is 0 Å². The fourth-order valence-corrected chi connectivity index (χ4v) is 2.35. The van der Waals surface area contributed by atoms with Crippen molar-refractivity contribution in [3.05, 3.63) is 40.3 Å². The van der Waals surface area contributed by atoms with Gasteiger partial charge in [-0.15, -0.1) is 5.10 Å². The molecular formula is C13H10N8O3. The summed E-state index contributed by atoms with van der Waals surface area (Å²) in [7, 11) is 1.50. The molecule has 0 unspecified atom stereocenters. The fourth-order valence-electron chi connectivity index (χ4n) is 2.35. The van der Waals surface area contributed by atoms with Gasteiger partial charge in [-0.2, -0.15) is 5.21 Å². The first kappa shape index (κ1) is 13.9. The third-order valence-corrected chi connectivity index (χ3v) is 3.43. The van der Waals surface area contributed by atoms with Crippen molar-refractivity contribution >= 4 is 28.4 Å². The molecule has 4 aromatic rings. The van der Waals surface area contributed by atoms with E-state index in [9.17, 15) is 9.59 Å². The number of para-hydroxylation sites is 1. The molecule has 120 valence electrons. The molecule has 24 heavy (non-hydrogen) atoms. The maximum absolute atomic E-state index is 12.6. The summed E-state index contributed by atoms with van der Waals surface area (Å²) in [5, 5.41) is 18.3. The van der Waals surface area contributed by atoms with Crippen LogP contribution < -0.4 is 15.6 Å². The van der Waals surface area contributed by atoms with Gasteiger partial charge in [0.25, 0.3) is 17.4 Å². The van der Waals surface area contributed by atoms with Gasteiger partial charge in [-0.3, -0.25) is 20.0 Å². The number of nitrogens with zero attached hydrogens (tertiary/aromatic N) is 5. The van der Waals surface area contributed by atoms with E-state index >= 15 is 0 Å². The smallest absolute Gasteiger partial charge is 0.280 e. The number of carbonyl (C=O) groups is 1. The number of hydrogen-bond acceptors (Lipinski definition) is 7. The predicted octanol–water partition coefficient (Wildman–Crippen LogP) is -0.0502. The van der Waals surface area contributed by atoms with Crippen LogP contribution in [0.15, 0.2) is 29.1 Å². The third-order valence-electron chi connectivity index (χ3n) is 3.43. The number of fused-ring (bicyclic) bond motifs is 2. The van der Waals surface area contributed by atoms with E-state index in [2.05, 4.69) is 36.0 Å². The zero-order chi connectivity index (χ0) is 16.7. The van der Waals surface area contributed by atoms with Crippen molar-refractivity contribution in [3.63, 3.8) is 0 Å². The molecule has 3 N–H and O–H groups in total. The van der Waals surface area contributed by atoms with Gasteiger partial charge in [-0.1, -0.05) is 11.2 Å². The predicted molar refractivity (Wildman–Crippen MR) is 82.0 cm³/mol. The molecule has 3 aromatic heterocycles. The Bertz CT molecular complexity index is 1110. The fraction of sp³-hybridized carbons (Fsp3) is 0.0769. The van der Waals surface area contributed by atoms with Gasteiger partial charge in [-0.05, 0) is 17.3 Å². The van der Waals surface area contributed by atoms with Crippen molar-refractivity contribution in [2.75, 3.05) is 12.4 Å². The number of ether oxygens (including phenoxy) is 1. The number of anilines is 1. The number of aromatic amines is 2. The first-order chi connectivity index (χ1) is 11.7. The second kappa shape index (κ2) is 5.15. The van der Waals surface area contributed by atoms with Crippen molar-refractivity contribution in [2.45, 2.75) is 0 Å². The SMILES string of the molecule is COc1cccc2c(=O)n3[nH]c(C(=O)Nc4nn[nH]n4)cc3nc12. The molecular weight excluding hydrogens is 316 g/mol. The van der Waals surface area contributed by atoms with E-state index in [4.69, 9.17) is 4.74 Å². The van der Waals surface area contributed by atoms with Gasteiger partial charge >= 0.3 is 0 Å². The summed E-state index contributed by atoms with van der Waals surface area (Å²) in [5.41, 5.74) is 0.496. The molecule has 0 spiro atoms. The molecule has 0 aliphatic heterocycles. The van der Waals surface area contributed by atoms with Crippen molar-refractivity contribution in [3.8, 4) is 5.75 Å². The number of tetrazole rings is 1. The average molecular weight is 326 g/mol. The largest absolute Gasteiger partial charge is 0.494 e. The summed E-state index contributed by atoms with van der Waals surface area (Å²) < 4.78 is 6.42. The second-order valence-electron chi connectivity index (χ2n) is 4.83. The van der Waals surface area contributed by atoms with Crippen molar-refractivity contribution in [1.82, 2.24) is 35.2 Å². The number of benzene rings is 1. The quantitative estimate of drug-likeness (QED) is 0.479. The highest BCUT2D eigenvalue weighted by atomic mass is 16.5. The molecule has 1 amide bonds. The first-order valence-corrected chi connectivity index (χ1v) is 6.80. The molecule has 0 aliphatic carbocycles. The molecule has 0 saturated heterocycles. The highest BCUT2D eigenvalue weighted by Crippen LogP contribution is 2.21. The molecule has 3 heterocycles. The van der Waals surface area contributed by atoms with Crippen LogP contribution in [0.25, 0.3) is 16.6 Å². The number of nitrogens with one attached hydrogen (secondary N) is 3. The number of rotatable bonds is 3. The molecule has 0 bridgehead atoms. The summed E-state index contributed by atoms with van der Waals surface area (Å²) in [6.45, 7) is 0. The molecule has 0 fully saturated rings. The van der Waals surface area contributed by atoms with E-state index < -0.39 is 5.91 Å². The van der Waals surface area contributed by atoms with Gasteiger partial charge in [0.2, 0.25) is 0 Å². The maximum Gasteiger partial charge on any atom is 0.280 e. The van der Waals surface area contributed by atoms with Crippen LogP contribution in [0.5, 0.6) is 5.75 Å². The van der Waals surface area contributed by atoms with Crippen molar-refractivity contribution < 1.29 is 9.53 Å². The molecule has 0 radical (unpaired) electrons. The van der Waals surface area contributed by atoms with Gasteiger partial charge in [0, 0.05) is 6.07 Å². The normalized spacial score (nSPS) is 11.0. The Morgan fingerprint density at radius 2 is 2.25 bits per heavy atom. The monoisotopic (exact) mass is 326 g/mol. The van der Waals surface area contributed by atoms with E-state index in [0.29, 0.717) is 16.7 Å². The van der Waals surface area contributed by atoms with Crippen LogP contribution in [0.1, 0.15) is 10.5 Å². The summed E-state index contributed by atoms with van der Waals surface area (Å²) >= 11 is 0. The third kappa shape index (κ3) is 2.06. The Balaban J connectivity index is 1.86. The molecule has 11 nitrogen and oxygen atoms in total. The molecule has 1 aromatic carbocycles. The first-order valence-electron chi connectivity index (χ1n) is 6.80. The Morgan fingerprint density at radius 1 is 1.38 bits per heavy atom. The van der Waals surface area contributed by atoms with Crippen LogP contribution >= 0.6 is 0 Å². The van der Waals surface area contributed by atoms with E-state index in [0.717, 1.165) is 0 Å². The lowest BCUT2D eigenvalue weighted by molar-refractivity contribution is 0.102. The molecule has 4 rings (SSSR count). The van der Waals surface area contributed by atoms with Gasteiger partial charge in [0.1, 0.15) is 17.0 Å².